The van der Waals surface area contributed by atoms with Crippen LogP contribution in [0.2, 0.25) is 0 Å². The molecule has 0 radical (unpaired) electrons. The molecule has 25 heavy (non-hydrogen) atoms. The van der Waals surface area contributed by atoms with Crippen molar-refractivity contribution in [2.45, 2.75) is 44.6 Å². The summed E-state index contributed by atoms with van der Waals surface area (Å²) >= 11 is 0. The summed E-state index contributed by atoms with van der Waals surface area (Å²) in [6.45, 7) is 3.54. The van der Waals surface area contributed by atoms with E-state index in [0.717, 1.165) is 37.7 Å². The number of rotatable bonds is 5. The fourth-order valence-electron chi connectivity index (χ4n) is 4.04. The summed E-state index contributed by atoms with van der Waals surface area (Å²) in [7, 11) is 0. The van der Waals surface area contributed by atoms with Crippen molar-refractivity contribution in [1.29, 1.82) is 0 Å². The topological polar surface area (TPSA) is 67.7 Å². The summed E-state index contributed by atoms with van der Waals surface area (Å²) in [6, 6.07) is 0. The van der Waals surface area contributed by atoms with Gasteiger partial charge in [0.05, 0.1) is 6.54 Å². The molecule has 2 amide bonds. The number of hydrogen-bond donors (Lipinski definition) is 0. The van der Waals surface area contributed by atoms with Gasteiger partial charge in [-0.25, -0.2) is 9.78 Å². The van der Waals surface area contributed by atoms with Gasteiger partial charge in [0.15, 0.2) is 0 Å². The molecule has 3 heterocycles. The second kappa shape index (κ2) is 7.06. The third-order valence-corrected chi connectivity index (χ3v) is 5.74. The Balaban J connectivity index is 1.38. The van der Waals surface area contributed by atoms with Crippen molar-refractivity contribution in [2.24, 2.45) is 5.92 Å². The lowest BCUT2D eigenvalue weighted by Gasteiger charge is -2.34. The minimum Gasteiger partial charge on any atom is -0.448 e. The number of imidazole rings is 1. The van der Waals surface area contributed by atoms with Crippen LogP contribution in [0.4, 0.5) is 4.79 Å². The summed E-state index contributed by atoms with van der Waals surface area (Å²) in [6.07, 6.45) is 9.62. The van der Waals surface area contributed by atoms with Gasteiger partial charge in [-0.2, -0.15) is 0 Å². The molecule has 1 aliphatic carbocycles. The van der Waals surface area contributed by atoms with Gasteiger partial charge in [0.25, 0.3) is 0 Å². The molecule has 1 aromatic heterocycles. The van der Waals surface area contributed by atoms with E-state index in [0.29, 0.717) is 25.6 Å². The number of piperidine rings is 1. The van der Waals surface area contributed by atoms with E-state index in [1.54, 1.807) is 0 Å². The number of cyclic esters (lactones) is 1. The highest BCUT2D eigenvalue weighted by Crippen LogP contribution is 2.31. The number of likely N-dealkylation sites (tertiary alicyclic amines) is 1. The van der Waals surface area contributed by atoms with E-state index in [-0.39, 0.29) is 18.5 Å². The minimum atomic E-state index is -0.377. The van der Waals surface area contributed by atoms with Crippen molar-refractivity contribution >= 4 is 12.0 Å². The Kier molecular flexibility index (Phi) is 4.63. The molecule has 0 spiro atoms. The molecule has 7 heteroatoms. The van der Waals surface area contributed by atoms with E-state index in [4.69, 9.17) is 4.74 Å². The highest BCUT2D eigenvalue weighted by atomic mass is 16.6. The van der Waals surface area contributed by atoms with Gasteiger partial charge in [0, 0.05) is 37.9 Å². The molecule has 3 fully saturated rings. The molecule has 3 aliphatic rings. The number of carbonyl (C=O) groups is 2. The highest BCUT2D eigenvalue weighted by molar-refractivity contribution is 5.83. The van der Waals surface area contributed by atoms with E-state index in [2.05, 4.69) is 15.7 Å². The first kappa shape index (κ1) is 16.4. The van der Waals surface area contributed by atoms with Crippen molar-refractivity contribution in [3.05, 3.63) is 18.2 Å². The largest absolute Gasteiger partial charge is 0.448 e. The molecule has 0 aromatic carbocycles. The number of ether oxygens (including phenoxy) is 1. The fraction of sp³-hybridized carbons (Fsp3) is 0.722. The van der Waals surface area contributed by atoms with Crippen LogP contribution in [0.3, 0.4) is 0 Å². The van der Waals surface area contributed by atoms with Crippen LogP contribution >= 0.6 is 0 Å². The smallest absolute Gasteiger partial charge is 0.410 e. The third kappa shape index (κ3) is 3.50. The number of carbonyl (C=O) groups excluding carboxylic acids is 2. The standard InChI is InChI=1S/C18H26N4O3/c23-16(13-22-9-10-25-18(22)24)20-7-2-5-15(12-20)17-19-6-8-21(17)11-14-3-1-4-14/h6,8,14-15H,1-5,7,9-13H2/t15-/m0/s1. The predicted molar refractivity (Wildman–Crippen MR) is 91.0 cm³/mol. The highest BCUT2D eigenvalue weighted by Gasteiger charge is 2.31. The molecule has 4 rings (SSSR count). The maximum Gasteiger partial charge on any atom is 0.410 e. The molecule has 1 aromatic rings. The Bertz CT molecular complexity index is 640. The normalized spacial score (nSPS) is 24.3. The van der Waals surface area contributed by atoms with Crippen molar-refractivity contribution in [3.8, 4) is 0 Å². The molecule has 2 saturated heterocycles. The monoisotopic (exact) mass is 346 g/mol. The zero-order chi connectivity index (χ0) is 17.2. The molecular formula is C18H26N4O3. The maximum atomic E-state index is 12.6. The first-order valence-corrected chi connectivity index (χ1v) is 9.41. The van der Waals surface area contributed by atoms with Crippen LogP contribution in [-0.4, -0.2) is 64.1 Å². The van der Waals surface area contributed by atoms with Crippen molar-refractivity contribution in [1.82, 2.24) is 19.4 Å². The second-order valence-corrected chi connectivity index (χ2v) is 7.45. The number of aromatic nitrogens is 2. The van der Waals surface area contributed by atoms with Crippen molar-refractivity contribution in [3.63, 3.8) is 0 Å². The van der Waals surface area contributed by atoms with Gasteiger partial charge >= 0.3 is 6.09 Å². The van der Waals surface area contributed by atoms with E-state index in [1.165, 1.54) is 24.2 Å². The van der Waals surface area contributed by atoms with Gasteiger partial charge in [-0.3, -0.25) is 9.69 Å². The quantitative estimate of drug-likeness (QED) is 0.816. The van der Waals surface area contributed by atoms with Gasteiger partial charge in [-0.1, -0.05) is 6.42 Å². The zero-order valence-electron chi connectivity index (χ0n) is 14.6. The van der Waals surface area contributed by atoms with Crippen LogP contribution in [0.1, 0.15) is 43.8 Å². The van der Waals surface area contributed by atoms with Crippen LogP contribution in [0.5, 0.6) is 0 Å². The number of amides is 2. The van der Waals surface area contributed by atoms with Crippen LogP contribution in [0, 0.1) is 5.92 Å². The Morgan fingerprint density at radius 1 is 1.24 bits per heavy atom. The molecule has 1 atom stereocenters. The van der Waals surface area contributed by atoms with Gasteiger partial charge in [0.2, 0.25) is 5.91 Å². The maximum absolute atomic E-state index is 12.6. The summed E-state index contributed by atoms with van der Waals surface area (Å²) < 4.78 is 7.20. The molecule has 0 N–H and O–H groups in total. The molecule has 0 bridgehead atoms. The Hall–Kier alpha value is -2.05. The average molecular weight is 346 g/mol. The molecular weight excluding hydrogens is 320 g/mol. The van der Waals surface area contributed by atoms with Crippen LogP contribution in [-0.2, 0) is 16.1 Å². The third-order valence-electron chi connectivity index (χ3n) is 5.74. The van der Waals surface area contributed by atoms with Crippen LogP contribution in [0.15, 0.2) is 12.4 Å². The summed E-state index contributed by atoms with van der Waals surface area (Å²) in [5.74, 6) is 2.21. The van der Waals surface area contributed by atoms with Crippen LogP contribution < -0.4 is 0 Å². The molecule has 1 saturated carbocycles. The van der Waals surface area contributed by atoms with Gasteiger partial charge in [-0.15, -0.1) is 0 Å². The SMILES string of the molecule is O=C(CN1CCOC1=O)N1CCC[C@H](c2nccn2CC2CCC2)C1. The molecule has 7 nitrogen and oxygen atoms in total. The zero-order valence-corrected chi connectivity index (χ0v) is 14.6. The number of hydrogen-bond acceptors (Lipinski definition) is 4. The average Bonchev–Trinajstić information content (AvgIpc) is 3.20. The first-order valence-electron chi connectivity index (χ1n) is 9.41. The summed E-state index contributed by atoms with van der Waals surface area (Å²) in [5.41, 5.74) is 0. The fourth-order valence-corrected chi connectivity index (χ4v) is 4.04. The predicted octanol–water partition coefficient (Wildman–Crippen LogP) is 1.84. The Labute approximate surface area is 147 Å². The van der Waals surface area contributed by atoms with Gasteiger partial charge in [-0.05, 0) is 31.6 Å². The lowest BCUT2D eigenvalue weighted by atomic mass is 9.85. The van der Waals surface area contributed by atoms with E-state index in [1.807, 2.05) is 11.1 Å². The summed E-state index contributed by atoms with van der Waals surface area (Å²) in [4.78, 5) is 32.1. The van der Waals surface area contributed by atoms with E-state index in [9.17, 15) is 9.59 Å². The minimum absolute atomic E-state index is 0.0145. The van der Waals surface area contributed by atoms with Crippen LogP contribution in [0.25, 0.3) is 0 Å². The number of nitrogens with zero attached hydrogens (tertiary/aromatic N) is 4. The molecule has 136 valence electrons. The summed E-state index contributed by atoms with van der Waals surface area (Å²) in [5, 5.41) is 0. The lowest BCUT2D eigenvalue weighted by molar-refractivity contribution is -0.133. The van der Waals surface area contributed by atoms with Gasteiger partial charge < -0.3 is 14.2 Å². The van der Waals surface area contributed by atoms with E-state index < -0.39 is 0 Å². The Morgan fingerprint density at radius 2 is 2.12 bits per heavy atom. The van der Waals surface area contributed by atoms with Crippen molar-refractivity contribution < 1.29 is 14.3 Å². The van der Waals surface area contributed by atoms with Crippen molar-refractivity contribution in [2.75, 3.05) is 32.8 Å². The molecule has 2 aliphatic heterocycles. The second-order valence-electron chi connectivity index (χ2n) is 7.45. The van der Waals surface area contributed by atoms with E-state index >= 15 is 0 Å². The first-order chi connectivity index (χ1) is 12.2. The molecule has 0 unspecified atom stereocenters. The lowest BCUT2D eigenvalue weighted by Crippen LogP contribution is -2.45. The van der Waals surface area contributed by atoms with Gasteiger partial charge in [0.1, 0.15) is 19.0 Å². The Morgan fingerprint density at radius 3 is 2.84 bits per heavy atom.